The molecule has 0 unspecified atom stereocenters. The van der Waals surface area contributed by atoms with Crippen LogP contribution in [0.25, 0.3) is 10.4 Å². The molecule has 1 saturated carbocycles. The highest BCUT2D eigenvalue weighted by molar-refractivity contribution is 7.13. The second-order valence-electron chi connectivity index (χ2n) is 21.4. The summed E-state index contributed by atoms with van der Waals surface area (Å²) in [5, 5.41) is 22.1. The number of likely N-dealkylation sites (tertiary alicyclic amines) is 2. The predicted octanol–water partition coefficient (Wildman–Crippen LogP) is 5.20. The third-order valence-electron chi connectivity index (χ3n) is 14.7. The third-order valence-corrected chi connectivity index (χ3v) is 15.7. The highest BCUT2D eigenvalue weighted by atomic mass is 32.1. The van der Waals surface area contributed by atoms with Crippen molar-refractivity contribution >= 4 is 64.0 Å². The molecule has 4 aliphatic rings. The number of β-amino-alcohol motifs (C(OH)–C–C–N with tert-alkyl or cyclic N) is 1. The Kier molecular flexibility index (Phi) is 18.6. The number of aryl methyl sites for hydroxylation is 1. The summed E-state index contributed by atoms with van der Waals surface area (Å²) in [4.78, 5) is 86.7. The molecule has 3 atom stereocenters. The number of ether oxygens (including phenoxy) is 3. The van der Waals surface area contributed by atoms with Gasteiger partial charge in [-0.05, 0) is 55.2 Å². The number of rotatable bonds is 20. The maximum absolute atomic E-state index is 15.7. The lowest BCUT2D eigenvalue weighted by Gasteiger charge is -2.35. The van der Waals surface area contributed by atoms with Gasteiger partial charge in [0, 0.05) is 64.3 Å². The quantitative estimate of drug-likeness (QED) is 0.0717. The van der Waals surface area contributed by atoms with E-state index in [-0.39, 0.29) is 85.9 Å². The largest absolute Gasteiger partial charge is 0.495 e. The number of aliphatic hydroxyl groups excluding tert-OH is 1. The predicted molar refractivity (Wildman–Crippen MR) is 286 cm³/mol. The van der Waals surface area contributed by atoms with Crippen LogP contribution in [0.1, 0.15) is 87.3 Å². The lowest BCUT2D eigenvalue weighted by Crippen LogP contribution is -2.58. The summed E-state index contributed by atoms with van der Waals surface area (Å²) in [6.07, 6.45) is 4.73. The zero-order chi connectivity index (χ0) is 55.9. The van der Waals surface area contributed by atoms with Gasteiger partial charge in [-0.25, -0.2) is 14.4 Å². The first kappa shape index (κ1) is 57.7. The minimum absolute atomic E-state index is 0.0399. The second kappa shape index (κ2) is 25.1. The number of nitrogens with one attached hydrogen (secondary N) is 4. The topological polar surface area (TPSA) is 233 Å². The van der Waals surface area contributed by atoms with Crippen molar-refractivity contribution in [3.05, 3.63) is 70.7 Å². The number of thiazole rings is 1. The van der Waals surface area contributed by atoms with Gasteiger partial charge in [0.1, 0.15) is 35.9 Å². The van der Waals surface area contributed by atoms with Crippen LogP contribution in [0.4, 0.5) is 36.3 Å². The molecule has 3 aliphatic heterocycles. The Morgan fingerprint density at radius 1 is 0.987 bits per heavy atom. The van der Waals surface area contributed by atoms with Gasteiger partial charge >= 0.3 is 5.92 Å². The summed E-state index contributed by atoms with van der Waals surface area (Å²) >= 11 is 1.56. The van der Waals surface area contributed by atoms with E-state index in [0.717, 1.165) is 45.5 Å². The number of anilines is 4. The summed E-state index contributed by atoms with van der Waals surface area (Å²) in [6.45, 7) is 9.04. The minimum atomic E-state index is -3.65. The number of hydrogen-bond acceptors (Lipinski definition) is 16. The number of aliphatic hydroxyl groups is 1. The van der Waals surface area contributed by atoms with Crippen molar-refractivity contribution < 1.29 is 56.5 Å². The average Bonchev–Trinajstić information content (AvgIpc) is 4.20. The van der Waals surface area contributed by atoms with Gasteiger partial charge in [-0.3, -0.25) is 24.0 Å². The van der Waals surface area contributed by atoms with E-state index < -0.39 is 71.4 Å². The van der Waals surface area contributed by atoms with Crippen LogP contribution in [0.3, 0.4) is 0 Å². The molecule has 0 bridgehead atoms. The molecule has 20 nitrogen and oxygen atoms in total. The van der Waals surface area contributed by atoms with Gasteiger partial charge in [0.15, 0.2) is 5.82 Å². The molecular formula is C54H70F3N11O9S. The minimum Gasteiger partial charge on any atom is -0.495 e. The number of halogens is 3. The monoisotopic (exact) mass is 1110 g/mol. The molecule has 0 spiro atoms. The standard InChI is InChI=1S/C54H70F3N11O9S/c1-32-45(78-31-60-32)34-13-11-33(12-14-34)26-58-49(72)41-23-37(69)28-67(41)50(73)46(53(2,3)4)63-44(70)29-77-22-21-76-20-19-66-17-15-35(16-18-66)61-48(71)38-24-43(75-6)40(25-39(38)55)62-52-59-27-42-47(64-52)68(36-9-7-8-10-36)30-54(56,57)51(74)65(42)5/h11-14,24-25,27,31,35-37,41,46,69H,7-10,15-23,26,28-30H2,1-6H3,(H,58,72)(H,61,71)(H,63,70)(H,59,62,64)/t37-,41+,46-/m1/s1. The number of fused-ring (bicyclic) bond motifs is 1. The number of aromatic nitrogens is 3. The van der Waals surface area contributed by atoms with Crippen LogP contribution >= 0.6 is 11.3 Å². The van der Waals surface area contributed by atoms with Crippen molar-refractivity contribution in [2.75, 3.05) is 88.4 Å². The fourth-order valence-corrected chi connectivity index (χ4v) is 11.2. The highest BCUT2D eigenvalue weighted by Gasteiger charge is 2.49. The van der Waals surface area contributed by atoms with Gasteiger partial charge in [-0.1, -0.05) is 57.9 Å². The molecule has 1 aliphatic carbocycles. The molecule has 8 rings (SSSR count). The Labute approximate surface area is 455 Å². The van der Waals surface area contributed by atoms with Crippen LogP contribution in [0.15, 0.2) is 48.1 Å². The summed E-state index contributed by atoms with van der Waals surface area (Å²) in [5.74, 6) is -7.60. The van der Waals surface area contributed by atoms with Crippen LogP contribution in [0.5, 0.6) is 5.75 Å². The second-order valence-corrected chi connectivity index (χ2v) is 22.2. The molecule has 5 N–H and O–H groups in total. The molecule has 4 aromatic rings. The molecule has 5 amide bonds. The number of carbonyl (C=O) groups excluding carboxylic acids is 5. The Hall–Kier alpha value is -6.47. The van der Waals surface area contributed by atoms with Crippen molar-refractivity contribution in [2.24, 2.45) is 5.41 Å². The molecule has 5 heterocycles. The van der Waals surface area contributed by atoms with Crippen LogP contribution in [0.2, 0.25) is 0 Å². The average molecular weight is 1110 g/mol. The van der Waals surface area contributed by atoms with Crippen molar-refractivity contribution in [3.8, 4) is 16.2 Å². The van der Waals surface area contributed by atoms with E-state index >= 15 is 13.2 Å². The lowest BCUT2D eigenvalue weighted by molar-refractivity contribution is -0.144. The first-order valence-corrected chi connectivity index (χ1v) is 27.3. The third kappa shape index (κ3) is 13.9. The van der Waals surface area contributed by atoms with Gasteiger partial charge in [-0.2, -0.15) is 13.8 Å². The van der Waals surface area contributed by atoms with E-state index in [4.69, 9.17) is 14.2 Å². The Morgan fingerprint density at radius 3 is 2.38 bits per heavy atom. The lowest BCUT2D eigenvalue weighted by atomic mass is 9.85. The number of nitrogens with zero attached hydrogens (tertiary/aromatic N) is 7. The van der Waals surface area contributed by atoms with E-state index in [9.17, 15) is 29.1 Å². The van der Waals surface area contributed by atoms with Crippen LogP contribution in [-0.2, 0) is 35.2 Å². The molecule has 2 aromatic heterocycles. The maximum Gasteiger partial charge on any atom is 0.342 e. The number of amides is 5. The van der Waals surface area contributed by atoms with E-state index in [1.807, 2.05) is 52.0 Å². The molecule has 0 radical (unpaired) electrons. The fraction of sp³-hybridized carbons (Fsp3) is 0.556. The number of carbonyl (C=O) groups is 5. The molecule has 24 heteroatoms. The molecule has 78 heavy (non-hydrogen) atoms. The van der Waals surface area contributed by atoms with Crippen LogP contribution < -0.4 is 35.8 Å². The molecule has 2 saturated heterocycles. The number of benzene rings is 2. The number of hydrogen-bond donors (Lipinski definition) is 5. The number of alkyl halides is 2. The molecule has 3 fully saturated rings. The van der Waals surface area contributed by atoms with Crippen molar-refractivity contribution in [3.63, 3.8) is 0 Å². The van der Waals surface area contributed by atoms with E-state index in [2.05, 4.69) is 41.1 Å². The molecular weight excluding hydrogens is 1040 g/mol. The van der Waals surface area contributed by atoms with Crippen molar-refractivity contribution in [2.45, 2.75) is 115 Å². The van der Waals surface area contributed by atoms with E-state index in [1.165, 1.54) is 36.2 Å². The van der Waals surface area contributed by atoms with Gasteiger partial charge in [0.25, 0.3) is 11.8 Å². The SMILES string of the molecule is COc1cc(C(=O)NC2CCN(CCOCCOCC(=O)N[C@H](C(=O)N3C[C@H](O)C[C@H]3C(=O)NCc3ccc(-c4scnc4C)cc3)C(C)(C)C)CC2)c(F)cc1Nc1ncc2c(n1)N(C1CCCC1)CC(F)(F)C(=O)N2C. The zero-order valence-corrected chi connectivity index (χ0v) is 45.7. The maximum atomic E-state index is 15.7. The summed E-state index contributed by atoms with van der Waals surface area (Å²) in [5.41, 5.74) is 3.91. The van der Waals surface area contributed by atoms with E-state index in [1.54, 1.807) is 16.8 Å². The Morgan fingerprint density at radius 2 is 1.71 bits per heavy atom. The van der Waals surface area contributed by atoms with Gasteiger partial charge in [-0.15, -0.1) is 11.3 Å². The first-order chi connectivity index (χ1) is 37.2. The van der Waals surface area contributed by atoms with Gasteiger partial charge in [0.05, 0.1) is 73.1 Å². The smallest absolute Gasteiger partial charge is 0.342 e. The number of methoxy groups -OCH3 is 1. The van der Waals surface area contributed by atoms with Gasteiger partial charge < -0.3 is 60.2 Å². The highest BCUT2D eigenvalue weighted by Crippen LogP contribution is 2.40. The molecule has 2 aromatic carbocycles. The first-order valence-electron chi connectivity index (χ1n) is 26.4. The Bertz CT molecular complexity index is 2790. The normalized spacial score (nSPS) is 19.6. The van der Waals surface area contributed by atoms with E-state index in [0.29, 0.717) is 51.9 Å². The van der Waals surface area contributed by atoms with Crippen molar-refractivity contribution in [1.29, 1.82) is 0 Å². The van der Waals surface area contributed by atoms with Gasteiger partial charge in [0.2, 0.25) is 23.7 Å². The van der Waals surface area contributed by atoms with Crippen molar-refractivity contribution in [1.82, 2.24) is 40.7 Å². The summed E-state index contributed by atoms with van der Waals surface area (Å²) < 4.78 is 62.8. The Balaban J connectivity index is 0.737. The zero-order valence-electron chi connectivity index (χ0n) is 44.9. The number of piperidine rings is 1. The molecule has 422 valence electrons. The van der Waals surface area contributed by atoms with Crippen LogP contribution in [0, 0.1) is 18.2 Å². The van der Waals surface area contributed by atoms with Crippen LogP contribution in [-0.4, -0.2) is 169 Å². The summed E-state index contributed by atoms with van der Waals surface area (Å²) in [6, 6.07) is 7.78. The fourth-order valence-electron chi connectivity index (χ4n) is 10.3. The summed E-state index contributed by atoms with van der Waals surface area (Å²) in [7, 11) is 2.62.